The molecule has 0 spiro atoms. The summed E-state index contributed by atoms with van der Waals surface area (Å²) >= 11 is 0. The molecule has 10 heteroatoms. The molecule has 1 fully saturated rings. The third-order valence-corrected chi connectivity index (χ3v) is 8.79. The average Bonchev–Trinajstić information content (AvgIpc) is 3.59. The van der Waals surface area contributed by atoms with Crippen LogP contribution in [0.4, 0.5) is 5.69 Å². The van der Waals surface area contributed by atoms with Crippen molar-refractivity contribution < 1.29 is 39.4 Å². The summed E-state index contributed by atoms with van der Waals surface area (Å²) in [6, 6.07) is 19.2. The van der Waals surface area contributed by atoms with E-state index in [1.165, 1.54) is 12.1 Å². The first-order valence-corrected chi connectivity index (χ1v) is 15.0. The lowest BCUT2D eigenvalue weighted by atomic mass is 9.66. The van der Waals surface area contributed by atoms with E-state index < -0.39 is 49.4 Å². The van der Waals surface area contributed by atoms with Crippen molar-refractivity contribution in [1.29, 1.82) is 0 Å². The second-order valence-corrected chi connectivity index (χ2v) is 11.8. The van der Waals surface area contributed by atoms with Gasteiger partial charge in [0.15, 0.2) is 0 Å². The number of aliphatic hydroxyl groups excluding tert-OH is 3. The topological polar surface area (TPSA) is 152 Å². The van der Waals surface area contributed by atoms with Gasteiger partial charge in [0.1, 0.15) is 18.1 Å². The van der Waals surface area contributed by atoms with Crippen molar-refractivity contribution in [3.63, 3.8) is 0 Å². The van der Waals surface area contributed by atoms with Gasteiger partial charge in [-0.25, -0.2) is 0 Å². The molecule has 2 aliphatic rings. The molecule has 4 atom stereocenters. The molecule has 0 unspecified atom stereocenters. The Balaban J connectivity index is 1.45. The van der Waals surface area contributed by atoms with Gasteiger partial charge < -0.3 is 29.8 Å². The highest BCUT2D eigenvalue weighted by Crippen LogP contribution is 2.49. The molecule has 3 aromatic rings. The zero-order valence-corrected chi connectivity index (χ0v) is 24.8. The summed E-state index contributed by atoms with van der Waals surface area (Å²) in [4.78, 5) is 28.6. The minimum atomic E-state index is -1.76. The van der Waals surface area contributed by atoms with Gasteiger partial charge in [-0.3, -0.25) is 14.5 Å². The van der Waals surface area contributed by atoms with Crippen molar-refractivity contribution in [3.05, 3.63) is 95.0 Å². The van der Waals surface area contributed by atoms with Crippen LogP contribution in [0.25, 0.3) is 11.6 Å². The third-order valence-electron chi connectivity index (χ3n) is 8.79. The first-order chi connectivity index (χ1) is 21.1. The largest absolute Gasteiger partial charge is 0.488 e. The predicted molar refractivity (Wildman–Crippen MR) is 167 cm³/mol. The molecule has 0 bridgehead atoms. The lowest BCUT2D eigenvalue weighted by Crippen LogP contribution is -2.40. The quantitative estimate of drug-likeness (QED) is 0.128. The number of hydrogen-bond donors (Lipinski definition) is 5. The first-order valence-electron chi connectivity index (χ1n) is 15.0. The normalized spacial score (nSPS) is 21.3. The lowest BCUT2D eigenvalue weighted by molar-refractivity contribution is -0.123. The molecule has 2 aromatic carbocycles. The van der Waals surface area contributed by atoms with Crippen LogP contribution in [0.15, 0.2) is 82.3 Å². The fraction of sp³-hybridized carbons (Fsp3) is 0.353. The lowest BCUT2D eigenvalue weighted by Gasteiger charge is -2.38. The predicted octanol–water partition coefficient (Wildman–Crippen LogP) is 2.90. The van der Waals surface area contributed by atoms with E-state index in [0.717, 1.165) is 21.6 Å². The summed E-state index contributed by atoms with van der Waals surface area (Å²) in [5.74, 6) is -2.20. The second kappa shape index (κ2) is 13.5. The van der Waals surface area contributed by atoms with E-state index in [-0.39, 0.29) is 30.1 Å². The Morgan fingerprint density at radius 3 is 2.41 bits per heavy atom. The minimum Gasteiger partial charge on any atom is -0.459 e. The summed E-state index contributed by atoms with van der Waals surface area (Å²) < 4.78 is 5.69. The fourth-order valence-corrected chi connectivity index (χ4v) is 6.65. The zero-order valence-electron chi connectivity index (χ0n) is 24.8. The number of allylic oxidation sites excluding steroid dienone is 2. The Labute approximate surface area is 256 Å². The fourth-order valence-electron chi connectivity index (χ4n) is 6.65. The van der Waals surface area contributed by atoms with Gasteiger partial charge in [0.2, 0.25) is 11.8 Å². The van der Waals surface area contributed by atoms with E-state index in [1.54, 1.807) is 24.3 Å². The number of carbonyl (C=O) groups excluding carboxylic acids is 2. The monoisotopic (exact) mass is 599 g/mol. The molecular formula is C34H38BNO8. The summed E-state index contributed by atoms with van der Waals surface area (Å²) in [5.41, 5.74) is 3.73. The molecular weight excluding hydrogens is 561 g/mol. The van der Waals surface area contributed by atoms with Gasteiger partial charge in [-0.1, -0.05) is 61.9 Å². The molecule has 44 heavy (non-hydrogen) atoms. The van der Waals surface area contributed by atoms with Gasteiger partial charge in [-0.2, -0.15) is 0 Å². The summed E-state index contributed by atoms with van der Waals surface area (Å²) in [7, 11) is -1.76. The maximum absolute atomic E-state index is 13.9. The van der Waals surface area contributed by atoms with Gasteiger partial charge in [0.25, 0.3) is 0 Å². The van der Waals surface area contributed by atoms with E-state index in [2.05, 4.69) is 0 Å². The van der Waals surface area contributed by atoms with Crippen molar-refractivity contribution in [1.82, 2.24) is 0 Å². The number of fused-ring (bicyclic) bond motifs is 1. The number of nitrogens with zero attached hydrogens (tertiary/aromatic N) is 1. The van der Waals surface area contributed by atoms with Crippen LogP contribution in [0.1, 0.15) is 50.2 Å². The van der Waals surface area contributed by atoms with E-state index in [0.29, 0.717) is 29.9 Å². The average molecular weight is 599 g/mol. The molecule has 5 rings (SSSR count). The molecule has 0 radical (unpaired) electrons. The molecule has 2 heterocycles. The Morgan fingerprint density at radius 2 is 1.77 bits per heavy atom. The Morgan fingerprint density at radius 1 is 1.02 bits per heavy atom. The van der Waals surface area contributed by atoms with E-state index in [9.17, 15) is 35.0 Å². The third kappa shape index (κ3) is 6.22. The number of furan rings is 1. The van der Waals surface area contributed by atoms with Gasteiger partial charge >= 0.3 is 7.12 Å². The minimum absolute atomic E-state index is 0.0383. The maximum Gasteiger partial charge on any atom is 0.488 e. The Hall–Kier alpha value is -3.80. The van der Waals surface area contributed by atoms with E-state index in [1.807, 2.05) is 50.3 Å². The number of benzene rings is 2. The Bertz CT molecular complexity index is 1560. The summed E-state index contributed by atoms with van der Waals surface area (Å²) in [5, 5.41) is 51.1. The van der Waals surface area contributed by atoms with Crippen LogP contribution < -0.4 is 10.4 Å². The van der Waals surface area contributed by atoms with Crippen molar-refractivity contribution in [2.75, 3.05) is 11.5 Å². The first kappa shape index (κ1) is 31.6. The van der Waals surface area contributed by atoms with Crippen molar-refractivity contribution >= 4 is 41.7 Å². The number of rotatable bonds is 11. The van der Waals surface area contributed by atoms with Crippen molar-refractivity contribution in [3.8, 4) is 0 Å². The van der Waals surface area contributed by atoms with Crippen LogP contribution in [0, 0.1) is 23.7 Å². The molecule has 1 aliphatic heterocycles. The second-order valence-electron chi connectivity index (χ2n) is 11.8. The van der Waals surface area contributed by atoms with Gasteiger partial charge in [0, 0.05) is 5.92 Å². The summed E-state index contributed by atoms with van der Waals surface area (Å²) in [6.07, 6.45) is 1.94. The van der Waals surface area contributed by atoms with Crippen LogP contribution in [-0.4, -0.2) is 57.0 Å². The number of hydrogen-bond acceptors (Lipinski definition) is 8. The van der Waals surface area contributed by atoms with Gasteiger partial charge in [-0.15, -0.1) is 0 Å². The number of carbonyl (C=O) groups is 2. The molecule has 1 aliphatic carbocycles. The number of imide groups is 1. The zero-order chi connectivity index (χ0) is 31.5. The van der Waals surface area contributed by atoms with E-state index in [4.69, 9.17) is 4.42 Å². The highest BCUT2D eigenvalue weighted by molar-refractivity contribution is 6.58. The highest BCUT2D eigenvalue weighted by Gasteiger charge is 2.55. The maximum atomic E-state index is 13.9. The van der Waals surface area contributed by atoms with Crippen molar-refractivity contribution in [2.24, 2.45) is 23.7 Å². The van der Waals surface area contributed by atoms with Crippen LogP contribution in [0.5, 0.6) is 0 Å². The molecule has 0 saturated carbocycles. The van der Waals surface area contributed by atoms with Crippen molar-refractivity contribution in [2.45, 2.75) is 45.8 Å². The molecule has 230 valence electrons. The van der Waals surface area contributed by atoms with E-state index >= 15 is 0 Å². The highest BCUT2D eigenvalue weighted by atomic mass is 16.4. The number of amides is 2. The van der Waals surface area contributed by atoms with Crippen LogP contribution in [0.3, 0.4) is 0 Å². The molecule has 1 aromatic heterocycles. The smallest absolute Gasteiger partial charge is 0.459 e. The van der Waals surface area contributed by atoms with Crippen LogP contribution in [-0.2, 0) is 16.2 Å². The number of aliphatic hydroxyl groups is 3. The van der Waals surface area contributed by atoms with Crippen LogP contribution in [0.2, 0.25) is 0 Å². The molecule has 2 amide bonds. The molecule has 5 N–H and O–H groups in total. The molecule has 1 saturated heterocycles. The van der Waals surface area contributed by atoms with Gasteiger partial charge in [0.05, 0.1) is 30.2 Å². The Kier molecular flexibility index (Phi) is 9.67. The summed E-state index contributed by atoms with van der Waals surface area (Å²) in [6.45, 7) is 3.33. The van der Waals surface area contributed by atoms with Crippen LogP contribution >= 0.6 is 0 Å². The number of anilines is 1. The standard InChI is InChI=1S/C34H38BNO8/c1-20(2)27-17-28-32(34(41)36(33(28)40)24-10-6-9-23(16-24)35(42)43)29(19-38)31(27)30(39)14-11-22(21-7-4-3-5-8-21)15-25-12-13-26(18-37)44-25/h3-10,12-13,15-16,20,28-30,32,37-39,42-43H,11,14,17-19H2,1-2H3/b22-15-/t28-,29+,30-,32-/m1/s1. The van der Waals surface area contributed by atoms with Gasteiger partial charge in [-0.05, 0) is 77.7 Å². The molecule has 9 nitrogen and oxygen atoms in total. The SMILES string of the molecule is CC(C)C1=C([C@H](O)CC/C(=C/c2ccc(CO)o2)c2ccccc2)[C@H](CO)[C@@H]2C(=O)N(c3cccc(B(O)O)c3)C(=O)[C@@H]2C1.